The van der Waals surface area contributed by atoms with Crippen molar-refractivity contribution in [1.29, 1.82) is 0 Å². The molecule has 2 heterocycles. The lowest BCUT2D eigenvalue weighted by molar-refractivity contribution is -0.137. The Hall–Kier alpha value is -1.85. The number of alkyl halides is 3. The van der Waals surface area contributed by atoms with Crippen LogP contribution in [0.4, 0.5) is 13.2 Å². The van der Waals surface area contributed by atoms with E-state index in [1.165, 1.54) is 23.5 Å². The zero-order chi connectivity index (χ0) is 26.6. The third kappa shape index (κ3) is 7.17. The largest absolute Gasteiger partial charge is 0.416 e. The van der Waals surface area contributed by atoms with Crippen molar-refractivity contribution in [2.24, 2.45) is 5.92 Å². The van der Waals surface area contributed by atoms with Crippen LogP contribution < -0.4 is 0 Å². The zero-order valence-corrected chi connectivity index (χ0v) is 21.9. The number of aromatic nitrogens is 1. The summed E-state index contributed by atoms with van der Waals surface area (Å²) < 4.78 is 43.9. The quantitative estimate of drug-likeness (QED) is 0.429. The van der Waals surface area contributed by atoms with Crippen molar-refractivity contribution in [1.82, 2.24) is 9.88 Å². The van der Waals surface area contributed by atoms with E-state index in [1.54, 1.807) is 13.3 Å². The first kappa shape index (κ1) is 28.2. The number of ketones is 1. The summed E-state index contributed by atoms with van der Waals surface area (Å²) in [5.41, 5.74) is -1.46. The lowest BCUT2D eigenvalue weighted by atomic mass is 9.81. The Morgan fingerprint density at radius 1 is 1.30 bits per heavy atom. The molecule has 10 heteroatoms. The van der Waals surface area contributed by atoms with Gasteiger partial charge in [0.2, 0.25) is 0 Å². The van der Waals surface area contributed by atoms with E-state index >= 15 is 0 Å². The number of Topliss-reactive ketones (excluding diaryl/α,β-unsaturated/α-hetero) is 1. The average molecular weight is 541 g/mol. The van der Waals surface area contributed by atoms with Crippen molar-refractivity contribution in [2.45, 2.75) is 81.9 Å². The fourth-order valence-electron chi connectivity index (χ4n) is 5.58. The third-order valence-electron chi connectivity index (χ3n) is 7.71. The van der Waals surface area contributed by atoms with E-state index in [9.17, 15) is 28.2 Å². The maximum absolute atomic E-state index is 12.9. The number of methoxy groups -OCH3 is 1. The molecule has 2 atom stereocenters. The molecule has 1 aromatic carbocycles. The molecule has 1 saturated heterocycles. The number of thiazole rings is 1. The fraction of sp³-hybridized carbons (Fsp3) is 0.630. The van der Waals surface area contributed by atoms with E-state index in [0.717, 1.165) is 54.4 Å². The maximum atomic E-state index is 12.9. The summed E-state index contributed by atoms with van der Waals surface area (Å²) in [5.74, 6) is 0.282. The lowest BCUT2D eigenvalue weighted by Gasteiger charge is -2.39. The van der Waals surface area contributed by atoms with Crippen molar-refractivity contribution in [2.75, 3.05) is 20.2 Å². The summed E-state index contributed by atoms with van der Waals surface area (Å²) in [7, 11) is 1.63. The monoisotopic (exact) mass is 540 g/mol. The number of hydrogen-bond acceptors (Lipinski definition) is 7. The van der Waals surface area contributed by atoms with Gasteiger partial charge in [0, 0.05) is 38.7 Å². The Bertz CT molecular complexity index is 1050. The molecular formula is C27H35F3N2O4S. The van der Waals surface area contributed by atoms with Gasteiger partial charge in [-0.15, -0.1) is 11.3 Å². The SMILES string of the molecule is COCc1ncc(C2(O)CCC(N3CC[C@@H](CC(=O)CCC(O)c4cccc(C(F)(F)F)c4)C3)CC2)s1. The van der Waals surface area contributed by atoms with Crippen molar-refractivity contribution < 1.29 is 32.9 Å². The van der Waals surface area contributed by atoms with E-state index in [1.807, 2.05) is 0 Å². The highest BCUT2D eigenvalue weighted by Gasteiger charge is 2.39. The summed E-state index contributed by atoms with van der Waals surface area (Å²) in [5, 5.41) is 22.4. The molecule has 1 aliphatic heterocycles. The Balaban J connectivity index is 1.20. The van der Waals surface area contributed by atoms with Crippen LogP contribution in [0.5, 0.6) is 0 Å². The van der Waals surface area contributed by atoms with E-state index in [4.69, 9.17) is 4.74 Å². The molecule has 204 valence electrons. The van der Waals surface area contributed by atoms with Gasteiger partial charge < -0.3 is 19.8 Å². The van der Waals surface area contributed by atoms with Crippen LogP contribution in [0.3, 0.4) is 0 Å². The third-order valence-corrected chi connectivity index (χ3v) is 8.87. The molecule has 4 rings (SSSR count). The van der Waals surface area contributed by atoms with Crippen LogP contribution in [0.25, 0.3) is 0 Å². The first-order chi connectivity index (χ1) is 17.6. The zero-order valence-electron chi connectivity index (χ0n) is 21.0. The van der Waals surface area contributed by atoms with Crippen LogP contribution >= 0.6 is 11.3 Å². The van der Waals surface area contributed by atoms with Gasteiger partial charge in [0.25, 0.3) is 0 Å². The Kier molecular flexibility index (Phi) is 9.06. The molecule has 2 N–H and O–H groups in total. The number of carbonyl (C=O) groups excluding carboxylic acids is 1. The number of rotatable bonds is 10. The molecule has 1 aromatic heterocycles. The van der Waals surface area contributed by atoms with Gasteiger partial charge in [-0.25, -0.2) is 4.98 Å². The highest BCUT2D eigenvalue weighted by molar-refractivity contribution is 7.11. The summed E-state index contributed by atoms with van der Waals surface area (Å²) in [6, 6.07) is 5.03. The van der Waals surface area contributed by atoms with Gasteiger partial charge in [-0.2, -0.15) is 13.2 Å². The number of nitrogens with zero attached hydrogens (tertiary/aromatic N) is 2. The number of halogens is 3. The second-order valence-corrected chi connectivity index (χ2v) is 11.5. The van der Waals surface area contributed by atoms with Gasteiger partial charge in [0.15, 0.2) is 0 Å². The van der Waals surface area contributed by atoms with Gasteiger partial charge in [0.1, 0.15) is 16.4 Å². The van der Waals surface area contributed by atoms with Gasteiger partial charge in [0.05, 0.1) is 23.2 Å². The Labute approximate surface area is 219 Å². The molecule has 0 radical (unpaired) electrons. The summed E-state index contributed by atoms with van der Waals surface area (Å²) >= 11 is 1.51. The summed E-state index contributed by atoms with van der Waals surface area (Å²) in [4.78, 5) is 20.3. The van der Waals surface area contributed by atoms with Crippen LogP contribution in [0.2, 0.25) is 0 Å². The summed E-state index contributed by atoms with van der Waals surface area (Å²) in [6.07, 6.45) is 0.938. The molecule has 1 aliphatic carbocycles. The maximum Gasteiger partial charge on any atom is 0.416 e. The normalized spacial score (nSPS) is 25.9. The molecule has 1 saturated carbocycles. The minimum atomic E-state index is -4.47. The number of aliphatic hydroxyl groups excluding tert-OH is 1. The van der Waals surface area contributed by atoms with E-state index in [2.05, 4.69) is 9.88 Å². The molecule has 2 fully saturated rings. The van der Waals surface area contributed by atoms with Gasteiger partial charge in [-0.1, -0.05) is 12.1 Å². The van der Waals surface area contributed by atoms with E-state index in [0.29, 0.717) is 31.9 Å². The van der Waals surface area contributed by atoms with Gasteiger partial charge >= 0.3 is 6.18 Å². The molecule has 2 aliphatic rings. The summed E-state index contributed by atoms with van der Waals surface area (Å²) in [6.45, 7) is 2.21. The lowest BCUT2D eigenvalue weighted by Crippen LogP contribution is -2.41. The number of aliphatic hydroxyl groups is 2. The standard InChI is InChI=1S/C27H35F3N2O4S/c1-36-17-25-31-15-24(37-25)26(35)10-7-21(8-11-26)32-12-9-18(16-32)13-22(33)5-6-23(34)19-3-2-4-20(14-19)27(28,29)30/h2-4,14-15,18,21,23,34-35H,5-13,16-17H2,1H3/t18-,21?,23?,26?/m0/s1. The smallest absolute Gasteiger partial charge is 0.388 e. The average Bonchev–Trinajstić information content (AvgIpc) is 3.53. The number of ether oxygens (including phenoxy) is 1. The Morgan fingerprint density at radius 2 is 2.05 bits per heavy atom. The molecule has 0 bridgehead atoms. The second kappa shape index (κ2) is 11.9. The van der Waals surface area contributed by atoms with Gasteiger partial charge in [-0.05, 0) is 68.7 Å². The molecule has 2 aromatic rings. The van der Waals surface area contributed by atoms with Crippen LogP contribution in [0, 0.1) is 5.92 Å². The number of hydrogen-bond donors (Lipinski definition) is 2. The van der Waals surface area contributed by atoms with Crippen molar-refractivity contribution in [3.8, 4) is 0 Å². The fourth-order valence-corrected chi connectivity index (χ4v) is 6.61. The van der Waals surface area contributed by atoms with Gasteiger partial charge in [-0.3, -0.25) is 4.79 Å². The minimum absolute atomic E-state index is 0.0351. The Morgan fingerprint density at radius 3 is 2.76 bits per heavy atom. The molecule has 0 amide bonds. The molecule has 0 spiro atoms. The predicted octanol–water partition coefficient (Wildman–Crippen LogP) is 5.23. The van der Waals surface area contributed by atoms with Crippen LogP contribution in [-0.2, 0) is 27.9 Å². The first-order valence-corrected chi connectivity index (χ1v) is 13.7. The topological polar surface area (TPSA) is 82.9 Å². The molecular weight excluding hydrogens is 505 g/mol. The predicted molar refractivity (Wildman–Crippen MR) is 134 cm³/mol. The van der Waals surface area contributed by atoms with Crippen molar-refractivity contribution in [3.63, 3.8) is 0 Å². The van der Waals surface area contributed by atoms with Crippen LogP contribution in [-0.4, -0.2) is 52.1 Å². The van der Waals surface area contributed by atoms with Crippen molar-refractivity contribution >= 4 is 17.1 Å². The molecule has 37 heavy (non-hydrogen) atoms. The molecule has 6 nitrogen and oxygen atoms in total. The number of benzene rings is 1. The van der Waals surface area contributed by atoms with E-state index in [-0.39, 0.29) is 30.1 Å². The minimum Gasteiger partial charge on any atom is -0.388 e. The highest BCUT2D eigenvalue weighted by atomic mass is 32.1. The molecule has 1 unspecified atom stereocenters. The van der Waals surface area contributed by atoms with Crippen molar-refractivity contribution in [3.05, 3.63) is 51.5 Å². The second-order valence-electron chi connectivity index (χ2n) is 10.4. The number of carbonyl (C=O) groups is 1. The number of likely N-dealkylation sites (tertiary alicyclic amines) is 1. The van der Waals surface area contributed by atoms with Crippen LogP contribution in [0.1, 0.15) is 78.5 Å². The first-order valence-electron chi connectivity index (χ1n) is 12.8. The highest BCUT2D eigenvalue weighted by Crippen LogP contribution is 2.42. The van der Waals surface area contributed by atoms with E-state index < -0.39 is 23.4 Å². The van der Waals surface area contributed by atoms with Crippen LogP contribution in [0.15, 0.2) is 30.5 Å².